The number of fused-ring (bicyclic) bond motifs is 1. The molecule has 3 aromatic rings. The normalized spacial score (nSPS) is 21.2. The first-order valence-electron chi connectivity index (χ1n) is 9.96. The minimum Gasteiger partial charge on any atom is -0.489 e. The van der Waals surface area contributed by atoms with Gasteiger partial charge < -0.3 is 14.1 Å². The topological polar surface area (TPSA) is 88.4 Å². The van der Waals surface area contributed by atoms with E-state index in [0.717, 1.165) is 12.8 Å². The van der Waals surface area contributed by atoms with Crippen LogP contribution >= 0.6 is 0 Å². The average molecular weight is 409 g/mol. The van der Waals surface area contributed by atoms with Gasteiger partial charge in [0.25, 0.3) is 5.91 Å². The first-order chi connectivity index (χ1) is 14.6. The molecule has 0 bridgehead atoms. The molecular weight excluding hydrogens is 389 g/mol. The van der Waals surface area contributed by atoms with Gasteiger partial charge in [0.05, 0.1) is 11.8 Å². The van der Waals surface area contributed by atoms with E-state index in [-0.39, 0.29) is 35.7 Å². The second kappa shape index (κ2) is 7.44. The number of Topliss-reactive ketones (excluding diaryl/α,β-unsaturated/α-hetero) is 1. The van der Waals surface area contributed by atoms with Gasteiger partial charge in [0.1, 0.15) is 23.4 Å². The Kier molecular flexibility index (Phi) is 4.61. The van der Waals surface area contributed by atoms with Crippen LogP contribution in [0.4, 0.5) is 4.39 Å². The van der Waals surface area contributed by atoms with Crippen LogP contribution < -0.4 is 4.74 Å². The highest BCUT2D eigenvalue weighted by Gasteiger charge is 2.36. The summed E-state index contributed by atoms with van der Waals surface area (Å²) in [5.74, 6) is 0.302. The Hall–Kier alpha value is -3.42. The number of nitrogens with one attached hydrogen (secondary N) is 1. The third kappa shape index (κ3) is 3.38. The molecule has 2 atom stereocenters. The Morgan fingerprint density at radius 2 is 2.17 bits per heavy atom. The molecule has 2 aliphatic heterocycles. The summed E-state index contributed by atoms with van der Waals surface area (Å²) in [7, 11) is 0. The number of ketones is 1. The van der Waals surface area contributed by atoms with Gasteiger partial charge in [0.15, 0.2) is 17.2 Å². The monoisotopic (exact) mass is 409 g/mol. The number of nitrogens with zero attached hydrogens (tertiary/aromatic N) is 2. The number of piperidine rings is 1. The van der Waals surface area contributed by atoms with Crippen LogP contribution in [0.1, 0.15) is 40.1 Å². The number of aromatic nitrogens is 2. The molecule has 0 radical (unpaired) electrons. The Labute approximate surface area is 171 Å². The van der Waals surface area contributed by atoms with Crippen LogP contribution in [-0.4, -0.2) is 46.0 Å². The van der Waals surface area contributed by atoms with E-state index in [4.69, 9.17) is 9.15 Å². The van der Waals surface area contributed by atoms with Crippen molar-refractivity contribution in [3.8, 4) is 17.2 Å². The van der Waals surface area contributed by atoms with E-state index < -0.39 is 5.82 Å². The molecule has 30 heavy (non-hydrogen) atoms. The van der Waals surface area contributed by atoms with Crippen LogP contribution in [0.25, 0.3) is 11.5 Å². The molecule has 1 fully saturated rings. The number of aromatic amines is 1. The van der Waals surface area contributed by atoms with Gasteiger partial charge in [0.2, 0.25) is 0 Å². The van der Waals surface area contributed by atoms with E-state index in [1.54, 1.807) is 29.4 Å². The van der Waals surface area contributed by atoms with Gasteiger partial charge in [-0.1, -0.05) is 0 Å². The van der Waals surface area contributed by atoms with Crippen molar-refractivity contribution in [1.82, 2.24) is 15.1 Å². The lowest BCUT2D eigenvalue weighted by atomic mass is 9.86. The standard InChI is InChI=1S/C22H20FN3O4/c23-14-5-6-19-15(9-14)18(27)11-21(30-19)13-3-1-7-26(12-13)22(28)17-10-16(24-25-17)20-4-2-8-29-20/h2,4-6,8-10,13,21H,1,3,7,11-12H2,(H,24,25)/t13-,21+/m0/s1. The molecule has 1 aromatic carbocycles. The summed E-state index contributed by atoms with van der Waals surface area (Å²) < 4.78 is 24.8. The van der Waals surface area contributed by atoms with Crippen LogP contribution in [0.3, 0.4) is 0 Å². The number of H-pyrrole nitrogens is 1. The summed E-state index contributed by atoms with van der Waals surface area (Å²) in [5.41, 5.74) is 1.25. The fraction of sp³-hybridized carbons (Fsp3) is 0.318. The van der Waals surface area contributed by atoms with Crippen molar-refractivity contribution in [2.75, 3.05) is 13.1 Å². The molecule has 8 heteroatoms. The van der Waals surface area contributed by atoms with Crippen molar-refractivity contribution in [1.29, 1.82) is 0 Å². The molecule has 2 aromatic heterocycles. The SMILES string of the molecule is O=C1C[C@H]([C@H]2CCCN(C(=O)c3cc(-c4ccco4)[nH]n3)C2)Oc2ccc(F)cc21. The number of carbonyl (C=O) groups excluding carboxylic acids is 2. The van der Waals surface area contributed by atoms with Gasteiger partial charge in [0, 0.05) is 31.5 Å². The summed E-state index contributed by atoms with van der Waals surface area (Å²) >= 11 is 0. The molecule has 5 rings (SSSR count). The van der Waals surface area contributed by atoms with Crippen molar-refractivity contribution in [3.63, 3.8) is 0 Å². The average Bonchev–Trinajstić information content (AvgIpc) is 3.45. The van der Waals surface area contributed by atoms with E-state index >= 15 is 0 Å². The Morgan fingerprint density at radius 3 is 3.00 bits per heavy atom. The number of halogens is 1. The van der Waals surface area contributed by atoms with E-state index in [9.17, 15) is 14.0 Å². The largest absolute Gasteiger partial charge is 0.489 e. The Bertz CT molecular complexity index is 1090. The van der Waals surface area contributed by atoms with Crippen LogP contribution in [0.5, 0.6) is 5.75 Å². The van der Waals surface area contributed by atoms with Crippen molar-refractivity contribution in [3.05, 3.63) is 59.7 Å². The number of carbonyl (C=O) groups is 2. The van der Waals surface area contributed by atoms with Crippen LogP contribution in [0.2, 0.25) is 0 Å². The lowest BCUT2D eigenvalue weighted by Gasteiger charge is -2.38. The quantitative estimate of drug-likeness (QED) is 0.713. The lowest BCUT2D eigenvalue weighted by Crippen LogP contribution is -2.46. The molecule has 154 valence electrons. The van der Waals surface area contributed by atoms with Gasteiger partial charge in [-0.3, -0.25) is 14.7 Å². The third-order valence-electron chi connectivity index (χ3n) is 5.76. The molecule has 0 unspecified atom stereocenters. The molecule has 2 aliphatic rings. The van der Waals surface area contributed by atoms with Crippen molar-refractivity contribution in [2.24, 2.45) is 5.92 Å². The predicted molar refractivity (Wildman–Crippen MR) is 105 cm³/mol. The number of hydrogen-bond donors (Lipinski definition) is 1. The minimum atomic E-state index is -0.452. The zero-order chi connectivity index (χ0) is 20.7. The molecule has 7 nitrogen and oxygen atoms in total. The molecule has 1 amide bonds. The predicted octanol–water partition coefficient (Wildman–Crippen LogP) is 3.70. The van der Waals surface area contributed by atoms with E-state index in [1.165, 1.54) is 18.2 Å². The highest BCUT2D eigenvalue weighted by molar-refractivity contribution is 6.00. The number of furan rings is 1. The Balaban J connectivity index is 1.30. The van der Waals surface area contributed by atoms with Gasteiger partial charge in [-0.2, -0.15) is 5.10 Å². The highest BCUT2D eigenvalue weighted by Crippen LogP contribution is 2.34. The van der Waals surface area contributed by atoms with Gasteiger partial charge in [-0.05, 0) is 43.2 Å². The summed E-state index contributed by atoms with van der Waals surface area (Å²) in [4.78, 5) is 27.2. The second-order valence-corrected chi connectivity index (χ2v) is 7.72. The number of likely N-dealkylation sites (tertiary alicyclic amines) is 1. The first-order valence-corrected chi connectivity index (χ1v) is 9.96. The van der Waals surface area contributed by atoms with Crippen molar-refractivity contribution < 1.29 is 23.1 Å². The third-order valence-corrected chi connectivity index (χ3v) is 5.76. The van der Waals surface area contributed by atoms with Gasteiger partial charge in [-0.15, -0.1) is 0 Å². The van der Waals surface area contributed by atoms with Crippen LogP contribution in [-0.2, 0) is 0 Å². The number of amides is 1. The number of rotatable bonds is 3. The number of benzene rings is 1. The fourth-order valence-electron chi connectivity index (χ4n) is 4.23. The molecule has 0 aliphatic carbocycles. The highest BCUT2D eigenvalue weighted by atomic mass is 19.1. The molecule has 4 heterocycles. The summed E-state index contributed by atoms with van der Waals surface area (Å²) in [5, 5.41) is 6.97. The number of hydrogen-bond acceptors (Lipinski definition) is 5. The van der Waals surface area contributed by atoms with E-state index in [2.05, 4.69) is 10.2 Å². The molecular formula is C22H20FN3O4. The van der Waals surface area contributed by atoms with E-state index in [0.29, 0.717) is 36.0 Å². The molecule has 0 spiro atoms. The summed E-state index contributed by atoms with van der Waals surface area (Å²) in [6, 6.07) is 9.25. The second-order valence-electron chi connectivity index (χ2n) is 7.72. The van der Waals surface area contributed by atoms with Crippen molar-refractivity contribution >= 4 is 11.7 Å². The van der Waals surface area contributed by atoms with E-state index in [1.807, 2.05) is 0 Å². The summed E-state index contributed by atoms with van der Waals surface area (Å²) in [6.07, 6.45) is 3.09. The lowest BCUT2D eigenvalue weighted by molar-refractivity contribution is 0.0405. The summed E-state index contributed by atoms with van der Waals surface area (Å²) in [6.45, 7) is 1.11. The minimum absolute atomic E-state index is 0.0216. The van der Waals surface area contributed by atoms with Gasteiger partial charge in [-0.25, -0.2) is 4.39 Å². The Morgan fingerprint density at radius 1 is 1.27 bits per heavy atom. The van der Waals surface area contributed by atoms with Gasteiger partial charge >= 0.3 is 0 Å². The number of ether oxygens (including phenoxy) is 1. The van der Waals surface area contributed by atoms with Crippen LogP contribution in [0.15, 0.2) is 47.1 Å². The van der Waals surface area contributed by atoms with Crippen molar-refractivity contribution in [2.45, 2.75) is 25.4 Å². The van der Waals surface area contributed by atoms with Crippen LogP contribution in [0, 0.1) is 11.7 Å². The smallest absolute Gasteiger partial charge is 0.274 e. The maximum absolute atomic E-state index is 13.4. The zero-order valence-corrected chi connectivity index (χ0v) is 16.1. The fourth-order valence-corrected chi connectivity index (χ4v) is 4.23. The molecule has 1 saturated heterocycles. The maximum Gasteiger partial charge on any atom is 0.274 e. The zero-order valence-electron chi connectivity index (χ0n) is 16.1. The first kappa shape index (κ1) is 18.6. The maximum atomic E-state index is 13.4. The molecule has 0 saturated carbocycles. The molecule has 1 N–H and O–H groups in total.